The number of carbonyl (C=O) groups is 3. The number of esters is 1. The summed E-state index contributed by atoms with van der Waals surface area (Å²) in [6.45, 7) is 1.86. The highest BCUT2D eigenvalue weighted by Gasteiger charge is 2.47. The van der Waals surface area contributed by atoms with Gasteiger partial charge in [-0.15, -0.1) is 0 Å². The van der Waals surface area contributed by atoms with Gasteiger partial charge in [0.1, 0.15) is 17.3 Å². The number of rotatable bonds is 6. The number of ether oxygens (including phenoxy) is 2. The average Bonchev–Trinajstić information content (AvgIpc) is 3.14. The maximum atomic E-state index is 13.3. The van der Waals surface area contributed by atoms with Crippen LogP contribution >= 0.6 is 0 Å². The van der Waals surface area contributed by atoms with Gasteiger partial charge < -0.3 is 19.7 Å². The lowest BCUT2D eigenvalue weighted by atomic mass is 9.95. The second-order valence-electron chi connectivity index (χ2n) is 7.77. The van der Waals surface area contributed by atoms with Crippen molar-refractivity contribution < 1.29 is 34.1 Å². The summed E-state index contributed by atoms with van der Waals surface area (Å²) in [5.74, 6) is -2.37. The molecule has 0 aromatic heterocycles. The normalized spacial score (nSPS) is 16.9. The largest absolute Gasteiger partial charge is 0.508 e. The standard InChI is InChI=1S/C27H23NO7/c1-3-35-27(33)18-9-4-10-19(13-18)28-23(16-7-5-11-20(29)14-16)22(25(31)26(28)32)24(30)17-8-6-12-21(15-17)34-2/h4-15,23,29-30H,3H2,1-2H3/b24-22+. The van der Waals surface area contributed by atoms with Crippen LogP contribution in [-0.2, 0) is 14.3 Å². The Morgan fingerprint density at radius 2 is 1.69 bits per heavy atom. The Bertz CT molecular complexity index is 1340. The smallest absolute Gasteiger partial charge is 0.338 e. The van der Waals surface area contributed by atoms with Gasteiger partial charge in [-0.2, -0.15) is 0 Å². The number of hydrogen-bond donors (Lipinski definition) is 2. The molecule has 1 heterocycles. The number of aliphatic hydroxyl groups excluding tert-OH is 1. The van der Waals surface area contributed by atoms with Crippen LogP contribution in [0.25, 0.3) is 5.76 Å². The van der Waals surface area contributed by atoms with Gasteiger partial charge in [0.05, 0.1) is 30.9 Å². The Labute approximate surface area is 201 Å². The summed E-state index contributed by atoms with van der Waals surface area (Å²) in [5.41, 5.74) is 0.989. The molecule has 1 aliphatic rings. The van der Waals surface area contributed by atoms with E-state index >= 15 is 0 Å². The molecule has 0 saturated carbocycles. The second-order valence-corrected chi connectivity index (χ2v) is 7.77. The van der Waals surface area contributed by atoms with Crippen molar-refractivity contribution in [3.8, 4) is 11.5 Å². The molecule has 1 unspecified atom stereocenters. The lowest BCUT2D eigenvalue weighted by Crippen LogP contribution is -2.29. The first-order valence-electron chi connectivity index (χ1n) is 10.9. The zero-order valence-electron chi connectivity index (χ0n) is 19.1. The maximum Gasteiger partial charge on any atom is 0.338 e. The molecule has 35 heavy (non-hydrogen) atoms. The summed E-state index contributed by atoms with van der Waals surface area (Å²) in [6, 6.07) is 17.6. The number of ketones is 1. The predicted molar refractivity (Wildman–Crippen MR) is 128 cm³/mol. The molecule has 2 N–H and O–H groups in total. The average molecular weight is 473 g/mol. The molecule has 0 radical (unpaired) electrons. The van der Waals surface area contributed by atoms with Crippen molar-refractivity contribution in [1.82, 2.24) is 0 Å². The number of hydrogen-bond acceptors (Lipinski definition) is 7. The SMILES string of the molecule is CCOC(=O)c1cccc(N2C(=O)C(=O)/C(=C(/O)c3cccc(OC)c3)C2c2cccc(O)c2)c1. The minimum atomic E-state index is -1.06. The fraction of sp³-hybridized carbons (Fsp3) is 0.148. The molecule has 3 aromatic carbocycles. The van der Waals surface area contributed by atoms with Crippen LogP contribution in [0, 0.1) is 0 Å². The topological polar surface area (TPSA) is 113 Å². The number of aromatic hydroxyl groups is 1. The molecule has 178 valence electrons. The molecule has 0 bridgehead atoms. The van der Waals surface area contributed by atoms with Crippen LogP contribution in [0.15, 0.2) is 78.4 Å². The molecule has 3 aromatic rings. The van der Waals surface area contributed by atoms with Gasteiger partial charge in [-0.1, -0.05) is 30.3 Å². The zero-order valence-corrected chi connectivity index (χ0v) is 19.1. The molecule has 1 fully saturated rings. The summed E-state index contributed by atoms with van der Waals surface area (Å²) in [5, 5.41) is 21.3. The maximum absolute atomic E-state index is 13.3. The summed E-state index contributed by atoms with van der Waals surface area (Å²) in [6.07, 6.45) is 0. The Kier molecular flexibility index (Phi) is 6.55. The molecule has 1 atom stereocenters. The monoisotopic (exact) mass is 473 g/mol. The third-order valence-electron chi connectivity index (χ3n) is 5.61. The van der Waals surface area contributed by atoms with Gasteiger partial charge in [0.25, 0.3) is 11.7 Å². The quantitative estimate of drug-likeness (QED) is 0.239. The third kappa shape index (κ3) is 4.46. The van der Waals surface area contributed by atoms with E-state index in [1.54, 1.807) is 55.5 Å². The highest BCUT2D eigenvalue weighted by molar-refractivity contribution is 6.51. The number of amides is 1. The molecule has 0 aliphatic carbocycles. The van der Waals surface area contributed by atoms with Gasteiger partial charge >= 0.3 is 5.97 Å². The first-order valence-corrected chi connectivity index (χ1v) is 10.9. The van der Waals surface area contributed by atoms with E-state index in [9.17, 15) is 24.6 Å². The van der Waals surface area contributed by atoms with Crippen molar-refractivity contribution in [1.29, 1.82) is 0 Å². The van der Waals surface area contributed by atoms with E-state index in [0.717, 1.165) is 0 Å². The molecule has 0 spiro atoms. The van der Waals surface area contributed by atoms with E-state index in [4.69, 9.17) is 9.47 Å². The van der Waals surface area contributed by atoms with Crippen LogP contribution in [0.3, 0.4) is 0 Å². The van der Waals surface area contributed by atoms with Crippen LogP contribution in [0.4, 0.5) is 5.69 Å². The Hall–Kier alpha value is -4.59. The molecular formula is C27H23NO7. The summed E-state index contributed by atoms with van der Waals surface area (Å²) >= 11 is 0. The number of nitrogens with zero attached hydrogens (tertiary/aromatic N) is 1. The Morgan fingerprint density at radius 3 is 2.40 bits per heavy atom. The van der Waals surface area contributed by atoms with Crippen molar-refractivity contribution in [2.24, 2.45) is 0 Å². The van der Waals surface area contributed by atoms with Crippen molar-refractivity contribution in [3.63, 3.8) is 0 Å². The van der Waals surface area contributed by atoms with Gasteiger partial charge in [0, 0.05) is 11.3 Å². The molecular weight excluding hydrogens is 450 g/mol. The van der Waals surface area contributed by atoms with Crippen molar-refractivity contribution in [2.45, 2.75) is 13.0 Å². The third-order valence-corrected chi connectivity index (χ3v) is 5.61. The van der Waals surface area contributed by atoms with Crippen molar-refractivity contribution >= 4 is 29.1 Å². The van der Waals surface area contributed by atoms with Crippen LogP contribution < -0.4 is 9.64 Å². The molecule has 1 saturated heterocycles. The lowest BCUT2D eigenvalue weighted by molar-refractivity contribution is -0.132. The number of methoxy groups -OCH3 is 1. The number of anilines is 1. The second kappa shape index (κ2) is 9.72. The van der Waals surface area contributed by atoms with Gasteiger partial charge in [0.15, 0.2) is 0 Å². The summed E-state index contributed by atoms with van der Waals surface area (Å²) in [7, 11) is 1.47. The van der Waals surface area contributed by atoms with Crippen LogP contribution in [0.1, 0.15) is 34.5 Å². The number of benzene rings is 3. The van der Waals surface area contributed by atoms with Crippen LogP contribution in [0.2, 0.25) is 0 Å². The summed E-state index contributed by atoms with van der Waals surface area (Å²) in [4.78, 5) is 40.0. The first-order chi connectivity index (χ1) is 16.8. The van der Waals surface area contributed by atoms with E-state index in [0.29, 0.717) is 11.3 Å². The van der Waals surface area contributed by atoms with E-state index in [1.165, 1.54) is 36.3 Å². The highest BCUT2D eigenvalue weighted by atomic mass is 16.5. The lowest BCUT2D eigenvalue weighted by Gasteiger charge is -2.26. The van der Waals surface area contributed by atoms with E-state index in [1.807, 2.05) is 0 Å². The van der Waals surface area contributed by atoms with Gasteiger partial charge in [-0.25, -0.2) is 4.79 Å². The minimum Gasteiger partial charge on any atom is -0.508 e. The summed E-state index contributed by atoms with van der Waals surface area (Å²) < 4.78 is 10.3. The number of phenolic OH excluding ortho intramolecular Hbond substituents is 1. The fourth-order valence-electron chi connectivity index (χ4n) is 4.03. The Balaban J connectivity index is 1.92. The van der Waals surface area contributed by atoms with Crippen LogP contribution in [0.5, 0.6) is 11.5 Å². The predicted octanol–water partition coefficient (Wildman–Crippen LogP) is 4.20. The number of Topliss-reactive ketones (excluding diaryl/α,β-unsaturated/α-hetero) is 1. The van der Waals surface area contributed by atoms with E-state index in [-0.39, 0.29) is 40.5 Å². The van der Waals surface area contributed by atoms with Crippen LogP contribution in [-0.4, -0.2) is 41.6 Å². The van der Waals surface area contributed by atoms with Crippen molar-refractivity contribution in [3.05, 3.63) is 95.1 Å². The number of phenols is 1. The van der Waals surface area contributed by atoms with Crippen molar-refractivity contribution in [2.75, 3.05) is 18.6 Å². The molecule has 4 rings (SSSR count). The molecule has 8 heteroatoms. The number of aliphatic hydroxyl groups is 1. The van der Waals surface area contributed by atoms with E-state index < -0.39 is 23.7 Å². The Morgan fingerprint density at radius 1 is 0.971 bits per heavy atom. The fourth-order valence-corrected chi connectivity index (χ4v) is 4.03. The highest BCUT2D eigenvalue weighted by Crippen LogP contribution is 2.43. The molecule has 8 nitrogen and oxygen atoms in total. The van der Waals surface area contributed by atoms with Gasteiger partial charge in [-0.05, 0) is 55.0 Å². The van der Waals surface area contributed by atoms with Gasteiger partial charge in [-0.3, -0.25) is 14.5 Å². The van der Waals surface area contributed by atoms with Gasteiger partial charge in [0.2, 0.25) is 0 Å². The molecule has 1 amide bonds. The first kappa shape index (κ1) is 23.6. The minimum absolute atomic E-state index is 0.0743. The zero-order chi connectivity index (χ0) is 25.1. The number of carbonyl (C=O) groups excluding carboxylic acids is 3. The van der Waals surface area contributed by atoms with E-state index in [2.05, 4.69) is 0 Å². The molecule has 1 aliphatic heterocycles.